The molecule has 0 aliphatic carbocycles. The molecule has 0 amide bonds. The smallest absolute Gasteiger partial charge is 0.335 e. The van der Waals surface area contributed by atoms with Crippen molar-refractivity contribution < 1.29 is 18.3 Å². The summed E-state index contributed by atoms with van der Waals surface area (Å²) in [4.78, 5) is 10.6. The van der Waals surface area contributed by atoms with Crippen LogP contribution in [0.5, 0.6) is 0 Å². The van der Waals surface area contributed by atoms with Crippen molar-refractivity contribution in [3.8, 4) is 11.8 Å². The summed E-state index contributed by atoms with van der Waals surface area (Å²) in [5.74, 6) is 4.03. The van der Waals surface area contributed by atoms with E-state index in [1.807, 2.05) is 0 Å². The molecule has 5 nitrogen and oxygen atoms in total. The Morgan fingerprint density at radius 3 is 2.41 bits per heavy atom. The molecule has 2 N–H and O–H groups in total. The van der Waals surface area contributed by atoms with Gasteiger partial charge in [-0.05, 0) is 31.2 Å². The van der Waals surface area contributed by atoms with Crippen LogP contribution in [-0.2, 0) is 10.0 Å². The molecule has 0 aliphatic heterocycles. The van der Waals surface area contributed by atoms with Gasteiger partial charge in [0, 0.05) is 0 Å². The molecule has 17 heavy (non-hydrogen) atoms. The minimum Gasteiger partial charge on any atom is -0.478 e. The molecule has 1 aromatic rings. The number of hydrogen-bond acceptors (Lipinski definition) is 3. The lowest BCUT2D eigenvalue weighted by Crippen LogP contribution is -2.24. The van der Waals surface area contributed by atoms with Crippen molar-refractivity contribution in [1.29, 1.82) is 0 Å². The molecule has 0 aromatic heterocycles. The first kappa shape index (κ1) is 13.2. The summed E-state index contributed by atoms with van der Waals surface area (Å²) < 4.78 is 25.6. The molecule has 90 valence electrons. The van der Waals surface area contributed by atoms with Crippen LogP contribution in [0.3, 0.4) is 0 Å². The maximum absolute atomic E-state index is 11.7. The summed E-state index contributed by atoms with van der Waals surface area (Å²) in [6.07, 6.45) is 0. The zero-order valence-corrected chi connectivity index (χ0v) is 9.91. The highest BCUT2D eigenvalue weighted by molar-refractivity contribution is 7.89. The number of rotatable bonds is 4. The van der Waals surface area contributed by atoms with Gasteiger partial charge in [-0.15, -0.1) is 5.92 Å². The first-order valence-corrected chi connectivity index (χ1v) is 6.18. The number of aromatic carboxylic acids is 1. The van der Waals surface area contributed by atoms with Gasteiger partial charge in [0.1, 0.15) is 0 Å². The highest BCUT2D eigenvalue weighted by atomic mass is 32.2. The first-order chi connectivity index (χ1) is 7.97. The van der Waals surface area contributed by atoms with Gasteiger partial charge in [-0.25, -0.2) is 13.2 Å². The number of nitrogens with one attached hydrogen (secondary N) is 1. The molecule has 0 aliphatic rings. The van der Waals surface area contributed by atoms with E-state index in [1.54, 1.807) is 6.92 Å². The largest absolute Gasteiger partial charge is 0.478 e. The second-order valence-electron chi connectivity index (χ2n) is 3.08. The summed E-state index contributed by atoms with van der Waals surface area (Å²) in [5, 5.41) is 8.67. The molecule has 0 unspecified atom stereocenters. The Morgan fingerprint density at radius 1 is 1.35 bits per heavy atom. The highest BCUT2D eigenvalue weighted by Gasteiger charge is 2.13. The van der Waals surface area contributed by atoms with Gasteiger partial charge < -0.3 is 5.11 Å². The molecule has 0 fully saturated rings. The van der Waals surface area contributed by atoms with Gasteiger partial charge in [0.05, 0.1) is 17.0 Å². The number of carboxylic acid groups (broad SMARTS) is 1. The monoisotopic (exact) mass is 253 g/mol. The lowest BCUT2D eigenvalue weighted by atomic mass is 10.2. The molecule has 0 atom stereocenters. The van der Waals surface area contributed by atoms with Gasteiger partial charge in [0.15, 0.2) is 0 Å². The van der Waals surface area contributed by atoms with Crippen LogP contribution in [0.15, 0.2) is 29.2 Å². The zero-order valence-electron chi connectivity index (χ0n) is 9.10. The van der Waals surface area contributed by atoms with Crippen LogP contribution in [-0.4, -0.2) is 26.0 Å². The van der Waals surface area contributed by atoms with Crippen LogP contribution in [0.4, 0.5) is 0 Å². The Morgan fingerprint density at radius 2 is 1.94 bits per heavy atom. The first-order valence-electron chi connectivity index (χ1n) is 4.70. The van der Waals surface area contributed by atoms with Gasteiger partial charge in [-0.3, -0.25) is 0 Å². The van der Waals surface area contributed by atoms with Crippen LogP contribution < -0.4 is 4.72 Å². The van der Waals surface area contributed by atoms with E-state index in [0.717, 1.165) is 0 Å². The molecule has 0 heterocycles. The Kier molecular flexibility index (Phi) is 4.26. The summed E-state index contributed by atoms with van der Waals surface area (Å²) in [6, 6.07) is 4.96. The van der Waals surface area contributed by atoms with E-state index < -0.39 is 16.0 Å². The quantitative estimate of drug-likeness (QED) is 0.773. The Labute approximate surface area is 99.5 Å². The van der Waals surface area contributed by atoms with E-state index >= 15 is 0 Å². The van der Waals surface area contributed by atoms with E-state index in [0.29, 0.717) is 0 Å². The molecule has 0 bridgehead atoms. The van der Waals surface area contributed by atoms with Crippen LogP contribution in [0.1, 0.15) is 17.3 Å². The third-order valence-electron chi connectivity index (χ3n) is 1.94. The van der Waals surface area contributed by atoms with E-state index in [1.165, 1.54) is 24.3 Å². The number of sulfonamides is 1. The standard InChI is InChI=1S/C11H11NO4S/c1-2-3-8-12-17(15,16)10-6-4-9(5-7-10)11(13)14/h4-7,12H,8H2,1H3,(H,13,14). The summed E-state index contributed by atoms with van der Waals surface area (Å²) >= 11 is 0. The van der Waals surface area contributed by atoms with Crippen molar-refractivity contribution in [1.82, 2.24) is 4.72 Å². The van der Waals surface area contributed by atoms with Gasteiger partial charge in [-0.1, -0.05) is 5.92 Å². The maximum Gasteiger partial charge on any atom is 0.335 e. The molecule has 1 rings (SSSR count). The molecule has 0 radical (unpaired) electrons. The van der Waals surface area contributed by atoms with Crippen molar-refractivity contribution in [2.45, 2.75) is 11.8 Å². The summed E-state index contributed by atoms with van der Waals surface area (Å²) in [7, 11) is -3.62. The van der Waals surface area contributed by atoms with E-state index in [2.05, 4.69) is 16.6 Å². The van der Waals surface area contributed by atoms with Crippen LogP contribution in [0, 0.1) is 11.8 Å². The van der Waals surface area contributed by atoms with Crippen LogP contribution >= 0.6 is 0 Å². The predicted molar refractivity (Wildman–Crippen MR) is 62.0 cm³/mol. The second-order valence-corrected chi connectivity index (χ2v) is 4.85. The molecule has 0 saturated carbocycles. The van der Waals surface area contributed by atoms with Crippen molar-refractivity contribution in [3.63, 3.8) is 0 Å². The van der Waals surface area contributed by atoms with E-state index in [9.17, 15) is 13.2 Å². The minimum atomic E-state index is -3.62. The van der Waals surface area contributed by atoms with Crippen LogP contribution in [0.2, 0.25) is 0 Å². The lowest BCUT2D eigenvalue weighted by molar-refractivity contribution is 0.0697. The molecule has 0 saturated heterocycles. The van der Waals surface area contributed by atoms with Crippen molar-refractivity contribution >= 4 is 16.0 Å². The molecule has 1 aromatic carbocycles. The SMILES string of the molecule is CC#CCNS(=O)(=O)c1ccc(C(=O)O)cc1. The zero-order chi connectivity index (χ0) is 12.9. The highest BCUT2D eigenvalue weighted by Crippen LogP contribution is 2.10. The fourth-order valence-corrected chi connectivity index (χ4v) is 2.00. The minimum absolute atomic E-state index is 0.0143. The fraction of sp³-hybridized carbons (Fsp3) is 0.182. The number of hydrogen-bond donors (Lipinski definition) is 2. The van der Waals surface area contributed by atoms with E-state index in [4.69, 9.17) is 5.11 Å². The predicted octanol–water partition coefficient (Wildman–Crippen LogP) is 0.686. The third-order valence-corrected chi connectivity index (χ3v) is 3.36. The van der Waals surface area contributed by atoms with Crippen molar-refractivity contribution in [2.24, 2.45) is 0 Å². The van der Waals surface area contributed by atoms with E-state index in [-0.39, 0.29) is 17.0 Å². The second kappa shape index (κ2) is 5.48. The number of carbonyl (C=O) groups is 1. The van der Waals surface area contributed by atoms with Crippen LogP contribution in [0.25, 0.3) is 0 Å². The molecular weight excluding hydrogens is 242 g/mol. The van der Waals surface area contributed by atoms with Crippen molar-refractivity contribution in [2.75, 3.05) is 6.54 Å². The Bertz CT molecular complexity index is 564. The average molecular weight is 253 g/mol. The van der Waals surface area contributed by atoms with Gasteiger partial charge >= 0.3 is 5.97 Å². The summed E-state index contributed by atoms with van der Waals surface area (Å²) in [6.45, 7) is 1.63. The Balaban J connectivity index is 2.91. The summed E-state index contributed by atoms with van der Waals surface area (Å²) in [5.41, 5.74) is 0.0392. The molecule has 0 spiro atoms. The van der Waals surface area contributed by atoms with Gasteiger partial charge in [0.2, 0.25) is 10.0 Å². The third kappa shape index (κ3) is 3.59. The number of carboxylic acids is 1. The number of benzene rings is 1. The Hall–Kier alpha value is -1.84. The topological polar surface area (TPSA) is 83.5 Å². The normalized spacial score (nSPS) is 10.4. The maximum atomic E-state index is 11.7. The van der Waals surface area contributed by atoms with Crippen molar-refractivity contribution in [3.05, 3.63) is 29.8 Å². The molecule has 6 heteroatoms. The lowest BCUT2D eigenvalue weighted by Gasteiger charge is -2.03. The van der Waals surface area contributed by atoms with Gasteiger partial charge in [0.25, 0.3) is 0 Å². The molecular formula is C11H11NO4S. The van der Waals surface area contributed by atoms with Gasteiger partial charge in [-0.2, -0.15) is 4.72 Å². The fourth-order valence-electron chi connectivity index (χ4n) is 1.08. The average Bonchev–Trinajstić information content (AvgIpc) is 2.29.